The maximum Gasteiger partial charge on any atom is 0.270 e. The number of non-ortho nitro benzene ring substituents is 1. The summed E-state index contributed by atoms with van der Waals surface area (Å²) >= 11 is 0. The van der Waals surface area contributed by atoms with Gasteiger partial charge in [-0.05, 0) is 13.0 Å². The van der Waals surface area contributed by atoms with E-state index in [1.807, 2.05) is 13.1 Å². The van der Waals surface area contributed by atoms with E-state index in [0.29, 0.717) is 24.2 Å². The lowest BCUT2D eigenvalue weighted by Crippen LogP contribution is -2.32. The number of aromatic nitrogens is 2. The normalized spacial score (nSPS) is 14.3. The first-order chi connectivity index (χ1) is 12.5. The molecule has 1 aliphatic heterocycles. The van der Waals surface area contributed by atoms with Crippen LogP contribution in [-0.4, -0.2) is 26.3 Å². The summed E-state index contributed by atoms with van der Waals surface area (Å²) in [5.41, 5.74) is 2.58. The first-order valence-corrected chi connectivity index (χ1v) is 8.24. The number of nitro benzene ring substituents is 1. The average molecular weight is 352 g/mol. The van der Waals surface area contributed by atoms with E-state index < -0.39 is 4.92 Å². The molecule has 2 aromatic heterocycles. The molecule has 0 saturated carbocycles. The van der Waals surface area contributed by atoms with E-state index in [4.69, 9.17) is 4.42 Å². The van der Waals surface area contributed by atoms with Gasteiger partial charge in [-0.1, -0.05) is 0 Å². The third kappa shape index (κ3) is 2.95. The Balaban J connectivity index is 1.63. The highest BCUT2D eigenvalue weighted by atomic mass is 16.6. The van der Waals surface area contributed by atoms with Gasteiger partial charge < -0.3 is 4.42 Å². The van der Waals surface area contributed by atoms with Gasteiger partial charge in [-0.15, -0.1) is 0 Å². The maximum absolute atomic E-state index is 12.7. The monoisotopic (exact) mass is 352 g/mol. The summed E-state index contributed by atoms with van der Waals surface area (Å²) in [6, 6.07) is 4.05. The zero-order chi connectivity index (χ0) is 18.3. The number of rotatable bonds is 3. The van der Waals surface area contributed by atoms with E-state index in [-0.39, 0.29) is 16.5 Å². The van der Waals surface area contributed by atoms with E-state index >= 15 is 0 Å². The van der Waals surface area contributed by atoms with E-state index in [1.54, 1.807) is 0 Å². The number of benzene rings is 1. The number of fused-ring (bicyclic) bond motifs is 2. The Morgan fingerprint density at radius 1 is 1.38 bits per heavy atom. The molecule has 8 nitrogen and oxygen atoms in total. The van der Waals surface area contributed by atoms with Crippen LogP contribution in [0.15, 0.2) is 39.9 Å². The van der Waals surface area contributed by atoms with Crippen LogP contribution in [0, 0.1) is 17.0 Å². The minimum absolute atomic E-state index is 0.124. The van der Waals surface area contributed by atoms with Gasteiger partial charge in [-0.2, -0.15) is 0 Å². The molecule has 0 N–H and O–H groups in total. The second-order valence-electron chi connectivity index (χ2n) is 6.38. The summed E-state index contributed by atoms with van der Waals surface area (Å²) in [6.45, 7) is 3.71. The van der Waals surface area contributed by atoms with Gasteiger partial charge in [0, 0.05) is 61.2 Å². The molecule has 8 heteroatoms. The molecule has 0 radical (unpaired) electrons. The van der Waals surface area contributed by atoms with Crippen molar-refractivity contribution in [3.8, 4) is 0 Å². The molecule has 0 spiro atoms. The Morgan fingerprint density at radius 2 is 2.23 bits per heavy atom. The molecule has 26 heavy (non-hydrogen) atoms. The summed E-state index contributed by atoms with van der Waals surface area (Å²) in [5.74, 6) is 0.758. The molecule has 0 bridgehead atoms. The second-order valence-corrected chi connectivity index (χ2v) is 6.38. The van der Waals surface area contributed by atoms with Crippen molar-refractivity contribution in [1.82, 2.24) is 14.9 Å². The molecule has 3 aromatic rings. The maximum atomic E-state index is 12.7. The van der Waals surface area contributed by atoms with Gasteiger partial charge in [-0.25, -0.2) is 9.97 Å². The van der Waals surface area contributed by atoms with E-state index in [0.717, 1.165) is 30.0 Å². The lowest BCUT2D eigenvalue weighted by atomic mass is 10.1. The van der Waals surface area contributed by atoms with Crippen molar-refractivity contribution in [3.63, 3.8) is 0 Å². The van der Waals surface area contributed by atoms with E-state index in [9.17, 15) is 14.9 Å². The van der Waals surface area contributed by atoms with E-state index in [1.165, 1.54) is 24.5 Å². The summed E-state index contributed by atoms with van der Waals surface area (Å²) in [5, 5.41) is 11.2. The highest BCUT2D eigenvalue weighted by molar-refractivity contribution is 5.79. The number of hydrogen-bond donors (Lipinski definition) is 0. The molecule has 0 amide bonds. The number of nitro groups is 1. The minimum atomic E-state index is -0.519. The number of aryl methyl sites for hydroxylation is 1. The van der Waals surface area contributed by atoms with E-state index in [2.05, 4.69) is 14.9 Å². The zero-order valence-electron chi connectivity index (χ0n) is 14.1. The topological polar surface area (TPSA) is 102 Å². The first-order valence-electron chi connectivity index (χ1n) is 8.24. The van der Waals surface area contributed by atoms with Crippen LogP contribution in [-0.2, 0) is 19.5 Å². The largest absolute Gasteiger partial charge is 0.464 e. The predicted octanol–water partition coefficient (Wildman–Crippen LogP) is 2.36. The number of nitrogens with zero attached hydrogens (tertiary/aromatic N) is 4. The van der Waals surface area contributed by atoms with Crippen LogP contribution in [0.5, 0.6) is 0 Å². The molecule has 1 aliphatic rings. The Hall–Kier alpha value is -3.13. The fraction of sp³-hybridized carbons (Fsp3) is 0.278. The second kappa shape index (κ2) is 6.30. The van der Waals surface area contributed by atoms with Crippen molar-refractivity contribution >= 4 is 16.7 Å². The lowest BCUT2D eigenvalue weighted by molar-refractivity contribution is -0.384. The van der Waals surface area contributed by atoms with Gasteiger partial charge in [0.05, 0.1) is 16.6 Å². The van der Waals surface area contributed by atoms with Gasteiger partial charge in [-0.3, -0.25) is 19.8 Å². The third-order valence-corrected chi connectivity index (χ3v) is 4.57. The molecule has 0 aliphatic carbocycles. The molecule has 3 heterocycles. The molecule has 0 fully saturated rings. The molecule has 0 atom stereocenters. The standard InChI is InChI=1S/C18H16N4O4/c1-11-19-7-12-8-21(5-4-16(12)20-11)9-13-10-26-17-3-2-14(22(24)25)6-15(17)18(13)23/h2-3,6-7,10H,4-5,8-9H2,1H3. The molecule has 0 saturated heterocycles. The fourth-order valence-electron chi connectivity index (χ4n) is 3.23. The Labute approximate surface area is 148 Å². The molecule has 4 rings (SSSR count). The van der Waals surface area contributed by atoms with Gasteiger partial charge in [0.25, 0.3) is 5.69 Å². The third-order valence-electron chi connectivity index (χ3n) is 4.57. The van der Waals surface area contributed by atoms with Crippen molar-refractivity contribution < 1.29 is 9.34 Å². The van der Waals surface area contributed by atoms with Crippen LogP contribution in [0.1, 0.15) is 22.6 Å². The minimum Gasteiger partial charge on any atom is -0.464 e. The van der Waals surface area contributed by atoms with Crippen molar-refractivity contribution in [1.29, 1.82) is 0 Å². The summed E-state index contributed by atoms with van der Waals surface area (Å²) < 4.78 is 5.51. The van der Waals surface area contributed by atoms with Crippen molar-refractivity contribution in [2.75, 3.05) is 6.54 Å². The number of hydrogen-bond acceptors (Lipinski definition) is 7. The van der Waals surface area contributed by atoms with Crippen LogP contribution in [0.25, 0.3) is 11.0 Å². The average Bonchev–Trinajstić information content (AvgIpc) is 2.64. The van der Waals surface area contributed by atoms with Gasteiger partial charge in [0.1, 0.15) is 11.4 Å². The summed E-state index contributed by atoms with van der Waals surface area (Å²) in [6.07, 6.45) is 4.07. The fourth-order valence-corrected chi connectivity index (χ4v) is 3.23. The molecule has 132 valence electrons. The quantitative estimate of drug-likeness (QED) is 0.526. The van der Waals surface area contributed by atoms with Crippen molar-refractivity contribution in [2.24, 2.45) is 0 Å². The first kappa shape index (κ1) is 16.3. The van der Waals surface area contributed by atoms with Crippen LogP contribution in [0.2, 0.25) is 0 Å². The van der Waals surface area contributed by atoms with Gasteiger partial charge in [0.2, 0.25) is 0 Å². The Bertz CT molecular complexity index is 1080. The highest BCUT2D eigenvalue weighted by Gasteiger charge is 2.20. The van der Waals surface area contributed by atoms with Gasteiger partial charge in [0.15, 0.2) is 5.43 Å². The Morgan fingerprint density at radius 3 is 3.04 bits per heavy atom. The molecular formula is C18H16N4O4. The van der Waals surface area contributed by atoms with Crippen molar-refractivity contribution in [2.45, 2.75) is 26.4 Å². The molecule has 1 aromatic carbocycles. The van der Waals surface area contributed by atoms with Gasteiger partial charge >= 0.3 is 0 Å². The van der Waals surface area contributed by atoms with Crippen molar-refractivity contribution in [3.05, 3.63) is 73.6 Å². The van der Waals surface area contributed by atoms with Crippen LogP contribution in [0.4, 0.5) is 5.69 Å². The summed E-state index contributed by atoms with van der Waals surface area (Å²) in [7, 11) is 0. The highest BCUT2D eigenvalue weighted by Crippen LogP contribution is 2.21. The zero-order valence-corrected chi connectivity index (χ0v) is 14.1. The van der Waals surface area contributed by atoms with Crippen LogP contribution < -0.4 is 5.43 Å². The smallest absolute Gasteiger partial charge is 0.270 e. The SMILES string of the molecule is Cc1ncc2c(n1)CCN(Cc1coc3ccc([N+](=O)[O-])cc3c1=O)C2. The Kier molecular flexibility index (Phi) is 3.96. The molecule has 0 unspecified atom stereocenters. The molecular weight excluding hydrogens is 336 g/mol. The van der Waals surface area contributed by atoms with Crippen LogP contribution >= 0.6 is 0 Å². The lowest BCUT2D eigenvalue weighted by Gasteiger charge is -2.27. The summed E-state index contributed by atoms with van der Waals surface area (Å²) in [4.78, 5) is 34.0. The van der Waals surface area contributed by atoms with Crippen LogP contribution in [0.3, 0.4) is 0 Å². The predicted molar refractivity (Wildman–Crippen MR) is 93.7 cm³/mol.